The molecule has 0 aliphatic heterocycles. The molecule has 1 N–H and O–H groups in total. The van der Waals surface area contributed by atoms with E-state index in [1.54, 1.807) is 26.4 Å². The van der Waals surface area contributed by atoms with Gasteiger partial charge in [0.15, 0.2) is 0 Å². The number of fused-ring (bicyclic) bond motifs is 1. The van der Waals surface area contributed by atoms with Gasteiger partial charge in [-0.1, -0.05) is 12.1 Å². The Bertz CT molecular complexity index is 1030. The Hall–Kier alpha value is -3.30. The third-order valence-electron chi connectivity index (χ3n) is 4.71. The van der Waals surface area contributed by atoms with E-state index in [-0.39, 0.29) is 5.91 Å². The van der Waals surface area contributed by atoms with E-state index in [1.165, 1.54) is 0 Å². The van der Waals surface area contributed by atoms with Crippen molar-refractivity contribution in [3.8, 4) is 23.1 Å². The minimum atomic E-state index is -0.148. The number of amides is 1. The minimum Gasteiger partial charge on any atom is -0.497 e. The van der Waals surface area contributed by atoms with Gasteiger partial charge in [-0.15, -0.1) is 0 Å². The predicted molar refractivity (Wildman–Crippen MR) is 109 cm³/mol. The highest BCUT2D eigenvalue weighted by Crippen LogP contribution is 2.35. The Morgan fingerprint density at radius 2 is 1.93 bits per heavy atom. The minimum absolute atomic E-state index is 0.148. The second-order valence-electron chi connectivity index (χ2n) is 6.29. The molecule has 0 radical (unpaired) electrons. The number of aromatic nitrogens is 1. The van der Waals surface area contributed by atoms with Gasteiger partial charge < -0.3 is 19.4 Å². The van der Waals surface area contributed by atoms with Crippen molar-refractivity contribution >= 4 is 16.8 Å². The maximum absolute atomic E-state index is 12.2. The number of nitrogens with zero attached hydrogens (tertiary/aromatic N) is 2. The Labute approximate surface area is 164 Å². The van der Waals surface area contributed by atoms with Crippen molar-refractivity contribution in [3.63, 3.8) is 0 Å². The van der Waals surface area contributed by atoms with Crippen LogP contribution in [0.3, 0.4) is 0 Å². The highest BCUT2D eigenvalue weighted by atomic mass is 16.5. The summed E-state index contributed by atoms with van der Waals surface area (Å²) in [6.07, 6.45) is 0. The van der Waals surface area contributed by atoms with Crippen molar-refractivity contribution < 1.29 is 14.3 Å². The smallest absolute Gasteiger partial charge is 0.251 e. The molecule has 3 aromatic rings. The van der Waals surface area contributed by atoms with Crippen LogP contribution >= 0.6 is 0 Å². The van der Waals surface area contributed by atoms with E-state index < -0.39 is 0 Å². The van der Waals surface area contributed by atoms with Crippen LogP contribution < -0.4 is 10.1 Å². The molecule has 0 atom stereocenters. The number of hydrogen-bond donors (Lipinski definition) is 1. The second kappa shape index (κ2) is 8.59. The van der Waals surface area contributed by atoms with Gasteiger partial charge in [-0.25, -0.2) is 0 Å². The molecule has 6 nitrogen and oxygen atoms in total. The van der Waals surface area contributed by atoms with Crippen molar-refractivity contribution in [3.05, 3.63) is 53.6 Å². The summed E-state index contributed by atoms with van der Waals surface area (Å²) in [5.41, 5.74) is 3.89. The lowest BCUT2D eigenvalue weighted by atomic mass is 10.0. The highest BCUT2D eigenvalue weighted by Gasteiger charge is 2.19. The topological polar surface area (TPSA) is 76.3 Å². The number of methoxy groups -OCH3 is 2. The summed E-state index contributed by atoms with van der Waals surface area (Å²) in [6, 6.07) is 15.4. The molecule has 0 aliphatic carbocycles. The summed E-state index contributed by atoms with van der Waals surface area (Å²) in [5, 5.41) is 13.5. The highest BCUT2D eigenvalue weighted by molar-refractivity contribution is 5.97. The van der Waals surface area contributed by atoms with Crippen LogP contribution in [-0.4, -0.2) is 37.8 Å². The van der Waals surface area contributed by atoms with Gasteiger partial charge in [0.1, 0.15) is 11.8 Å². The number of rotatable bonds is 7. The zero-order valence-electron chi connectivity index (χ0n) is 16.3. The molecule has 0 fully saturated rings. The van der Waals surface area contributed by atoms with Crippen molar-refractivity contribution in [1.29, 1.82) is 5.26 Å². The van der Waals surface area contributed by atoms with E-state index in [1.807, 2.05) is 37.3 Å². The Balaban J connectivity index is 2.03. The van der Waals surface area contributed by atoms with Crippen LogP contribution in [0.2, 0.25) is 0 Å². The molecule has 0 spiro atoms. The van der Waals surface area contributed by atoms with E-state index in [4.69, 9.17) is 9.47 Å². The number of carbonyl (C=O) groups excluding carboxylic acids is 1. The van der Waals surface area contributed by atoms with Gasteiger partial charge >= 0.3 is 0 Å². The van der Waals surface area contributed by atoms with Crippen LogP contribution in [0, 0.1) is 11.3 Å². The summed E-state index contributed by atoms with van der Waals surface area (Å²) in [6.45, 7) is 3.70. The van der Waals surface area contributed by atoms with E-state index in [0.29, 0.717) is 30.0 Å². The van der Waals surface area contributed by atoms with Crippen LogP contribution in [0.25, 0.3) is 22.2 Å². The standard InChI is InChI=1S/C22H23N3O3/c1-4-25-20-10-9-17(28-3)13-18(20)19(14-23)21(25)15-5-7-16(8-6-15)22(26)24-11-12-27-2/h5-10,13H,4,11-12H2,1-3H3,(H,24,26). The fourth-order valence-electron chi connectivity index (χ4n) is 3.35. The van der Waals surface area contributed by atoms with Crippen molar-refractivity contribution in [2.45, 2.75) is 13.5 Å². The first-order valence-electron chi connectivity index (χ1n) is 9.12. The van der Waals surface area contributed by atoms with Gasteiger partial charge in [-0.2, -0.15) is 5.26 Å². The van der Waals surface area contributed by atoms with Crippen LogP contribution in [0.1, 0.15) is 22.8 Å². The lowest BCUT2D eigenvalue weighted by Gasteiger charge is -2.10. The van der Waals surface area contributed by atoms with Crippen LogP contribution in [0.5, 0.6) is 5.75 Å². The number of hydrogen-bond acceptors (Lipinski definition) is 4. The molecule has 6 heteroatoms. The molecule has 0 aliphatic rings. The van der Waals surface area contributed by atoms with Crippen molar-refractivity contribution in [2.24, 2.45) is 0 Å². The first-order chi connectivity index (χ1) is 13.6. The summed E-state index contributed by atoms with van der Waals surface area (Å²) in [7, 11) is 3.21. The average Bonchev–Trinajstić information content (AvgIpc) is 3.06. The quantitative estimate of drug-likeness (QED) is 0.639. The molecular formula is C22H23N3O3. The Kier molecular flexibility index (Phi) is 5.97. The van der Waals surface area contributed by atoms with Crippen molar-refractivity contribution in [1.82, 2.24) is 9.88 Å². The first kappa shape index (κ1) is 19.5. The molecule has 1 amide bonds. The lowest BCUT2D eigenvalue weighted by molar-refractivity contribution is 0.0937. The molecule has 2 aromatic carbocycles. The predicted octanol–water partition coefficient (Wildman–Crippen LogP) is 3.58. The van der Waals surface area contributed by atoms with E-state index in [9.17, 15) is 10.1 Å². The monoisotopic (exact) mass is 377 g/mol. The summed E-state index contributed by atoms with van der Waals surface area (Å²) >= 11 is 0. The Morgan fingerprint density at radius 3 is 2.54 bits per heavy atom. The van der Waals surface area contributed by atoms with Crippen LogP contribution in [-0.2, 0) is 11.3 Å². The van der Waals surface area contributed by atoms with Crippen LogP contribution in [0.15, 0.2) is 42.5 Å². The average molecular weight is 377 g/mol. The van der Waals surface area contributed by atoms with Gasteiger partial charge in [-0.05, 0) is 42.8 Å². The normalized spacial score (nSPS) is 10.6. The number of benzene rings is 2. The molecule has 1 heterocycles. The van der Waals surface area contributed by atoms with Crippen molar-refractivity contribution in [2.75, 3.05) is 27.4 Å². The number of ether oxygens (including phenoxy) is 2. The van der Waals surface area contributed by atoms with E-state index >= 15 is 0 Å². The van der Waals surface area contributed by atoms with Gasteiger partial charge in [0.2, 0.25) is 0 Å². The van der Waals surface area contributed by atoms with Gasteiger partial charge in [0.05, 0.1) is 30.5 Å². The molecule has 3 rings (SSSR count). The zero-order chi connectivity index (χ0) is 20.1. The number of nitriles is 1. The third kappa shape index (κ3) is 3.57. The largest absolute Gasteiger partial charge is 0.497 e. The fraction of sp³-hybridized carbons (Fsp3) is 0.273. The lowest BCUT2D eigenvalue weighted by Crippen LogP contribution is -2.26. The maximum atomic E-state index is 12.2. The summed E-state index contributed by atoms with van der Waals surface area (Å²) in [5.74, 6) is 0.566. The van der Waals surface area contributed by atoms with Crippen LogP contribution in [0.4, 0.5) is 0 Å². The molecule has 0 saturated carbocycles. The zero-order valence-corrected chi connectivity index (χ0v) is 16.3. The third-order valence-corrected chi connectivity index (χ3v) is 4.71. The summed E-state index contributed by atoms with van der Waals surface area (Å²) in [4.78, 5) is 12.2. The molecular weight excluding hydrogens is 354 g/mol. The van der Waals surface area contributed by atoms with E-state index in [0.717, 1.165) is 28.7 Å². The van der Waals surface area contributed by atoms with E-state index in [2.05, 4.69) is 16.0 Å². The Morgan fingerprint density at radius 1 is 1.18 bits per heavy atom. The number of nitrogens with one attached hydrogen (secondary N) is 1. The molecule has 1 aromatic heterocycles. The SMILES string of the molecule is CCn1c(-c2ccc(C(=O)NCCOC)cc2)c(C#N)c2cc(OC)ccc21. The molecule has 0 saturated heterocycles. The summed E-state index contributed by atoms with van der Waals surface area (Å²) < 4.78 is 12.4. The number of aryl methyl sites for hydroxylation is 1. The molecule has 28 heavy (non-hydrogen) atoms. The molecule has 144 valence electrons. The number of carbonyl (C=O) groups is 1. The van der Waals surface area contributed by atoms with Gasteiger partial charge in [-0.3, -0.25) is 4.79 Å². The maximum Gasteiger partial charge on any atom is 0.251 e. The second-order valence-corrected chi connectivity index (χ2v) is 6.29. The fourth-order valence-corrected chi connectivity index (χ4v) is 3.35. The molecule has 0 bridgehead atoms. The molecule has 0 unspecified atom stereocenters. The van der Waals surface area contributed by atoms with Gasteiger partial charge in [0, 0.05) is 31.1 Å². The first-order valence-corrected chi connectivity index (χ1v) is 9.12. The van der Waals surface area contributed by atoms with Gasteiger partial charge in [0.25, 0.3) is 5.91 Å².